The quantitative estimate of drug-likeness (QED) is 0.552. The Hall–Kier alpha value is -1.96. The Balaban J connectivity index is 1.98. The van der Waals surface area contributed by atoms with Crippen LogP contribution in [-0.4, -0.2) is 21.3 Å². The van der Waals surface area contributed by atoms with Crippen LogP contribution in [0.1, 0.15) is 21.5 Å². The number of rotatable bonds is 3. The van der Waals surface area contributed by atoms with E-state index >= 15 is 0 Å². The number of thiocarbonyl (C=S) groups is 1. The number of hydrogen-bond acceptors (Lipinski definition) is 4. The number of halogens is 1. The van der Waals surface area contributed by atoms with E-state index in [0.29, 0.717) is 14.9 Å². The second-order valence-electron chi connectivity index (χ2n) is 5.38. The van der Waals surface area contributed by atoms with Crippen molar-refractivity contribution in [3.05, 3.63) is 68.5 Å². The van der Waals surface area contributed by atoms with Gasteiger partial charge < -0.3 is 5.11 Å². The van der Waals surface area contributed by atoms with Gasteiger partial charge in [-0.25, -0.2) is 4.79 Å². The van der Waals surface area contributed by atoms with Gasteiger partial charge in [0.15, 0.2) is 4.32 Å². The van der Waals surface area contributed by atoms with Crippen LogP contribution in [0.25, 0.3) is 6.08 Å². The average molecular weight is 434 g/mol. The maximum atomic E-state index is 12.8. The van der Waals surface area contributed by atoms with Crippen molar-refractivity contribution in [2.75, 3.05) is 4.90 Å². The van der Waals surface area contributed by atoms with Crippen molar-refractivity contribution < 1.29 is 14.7 Å². The van der Waals surface area contributed by atoms with Gasteiger partial charge in [0, 0.05) is 4.47 Å². The number of aryl methyl sites for hydroxylation is 1. The number of nitrogens with zero attached hydrogens (tertiary/aromatic N) is 1. The molecule has 0 bridgehead atoms. The summed E-state index contributed by atoms with van der Waals surface area (Å²) >= 11 is 9.94. The Kier molecular flexibility index (Phi) is 5.08. The standard InChI is InChI=1S/C18H12BrNO3S2/c1-10-2-5-12(17(22)23)9-14(10)20-16(21)15(25-18(20)24)8-11-3-6-13(19)7-4-11/h2-9H,1H3,(H,22,23)/b15-8-. The van der Waals surface area contributed by atoms with Crippen LogP contribution in [0.2, 0.25) is 0 Å². The summed E-state index contributed by atoms with van der Waals surface area (Å²) in [6.07, 6.45) is 1.78. The van der Waals surface area contributed by atoms with Gasteiger partial charge in [0.1, 0.15) is 0 Å². The fourth-order valence-electron chi connectivity index (χ4n) is 2.37. The van der Waals surface area contributed by atoms with Gasteiger partial charge in [-0.05, 0) is 48.4 Å². The zero-order valence-electron chi connectivity index (χ0n) is 13.0. The van der Waals surface area contributed by atoms with Crippen molar-refractivity contribution in [3.63, 3.8) is 0 Å². The number of carboxylic acids is 1. The van der Waals surface area contributed by atoms with E-state index in [1.165, 1.54) is 28.8 Å². The van der Waals surface area contributed by atoms with Gasteiger partial charge in [-0.2, -0.15) is 0 Å². The van der Waals surface area contributed by atoms with E-state index in [4.69, 9.17) is 12.2 Å². The fourth-order valence-corrected chi connectivity index (χ4v) is 3.92. The van der Waals surface area contributed by atoms with Crippen LogP contribution in [0.3, 0.4) is 0 Å². The Labute approximate surface area is 162 Å². The Morgan fingerprint density at radius 2 is 1.92 bits per heavy atom. The van der Waals surface area contributed by atoms with Crippen molar-refractivity contribution in [2.45, 2.75) is 6.92 Å². The summed E-state index contributed by atoms with van der Waals surface area (Å²) < 4.78 is 1.34. The van der Waals surface area contributed by atoms with Crippen LogP contribution < -0.4 is 4.90 Å². The number of anilines is 1. The highest BCUT2D eigenvalue weighted by Crippen LogP contribution is 2.37. The zero-order valence-corrected chi connectivity index (χ0v) is 16.2. The molecule has 25 heavy (non-hydrogen) atoms. The van der Waals surface area contributed by atoms with Crippen molar-refractivity contribution >= 4 is 67.9 Å². The molecule has 1 saturated heterocycles. The smallest absolute Gasteiger partial charge is 0.335 e. The number of thioether (sulfide) groups is 1. The third-order valence-electron chi connectivity index (χ3n) is 3.66. The van der Waals surface area contributed by atoms with Crippen LogP contribution in [0, 0.1) is 6.92 Å². The molecule has 2 aromatic carbocycles. The summed E-state index contributed by atoms with van der Waals surface area (Å²) in [5, 5.41) is 9.19. The molecule has 4 nitrogen and oxygen atoms in total. The van der Waals surface area contributed by atoms with E-state index in [9.17, 15) is 14.7 Å². The predicted octanol–water partition coefficient (Wildman–Crippen LogP) is 4.86. The minimum Gasteiger partial charge on any atom is -0.478 e. The molecule has 0 aliphatic carbocycles. The van der Waals surface area contributed by atoms with Gasteiger partial charge in [0.2, 0.25) is 0 Å². The topological polar surface area (TPSA) is 57.6 Å². The minimum atomic E-state index is -1.04. The molecule has 0 aromatic heterocycles. The second kappa shape index (κ2) is 7.11. The first-order valence-electron chi connectivity index (χ1n) is 7.24. The van der Waals surface area contributed by atoms with E-state index in [-0.39, 0.29) is 11.5 Å². The van der Waals surface area contributed by atoms with Crippen molar-refractivity contribution in [1.29, 1.82) is 0 Å². The summed E-state index contributed by atoms with van der Waals surface area (Å²) in [5.74, 6) is -1.29. The minimum absolute atomic E-state index is 0.117. The number of amides is 1. The molecule has 3 rings (SSSR count). The summed E-state index contributed by atoms with van der Waals surface area (Å²) in [4.78, 5) is 25.9. The van der Waals surface area contributed by atoms with Gasteiger partial charge in [-0.3, -0.25) is 9.69 Å². The second-order valence-corrected chi connectivity index (χ2v) is 7.97. The van der Waals surface area contributed by atoms with E-state index in [0.717, 1.165) is 15.6 Å². The first-order valence-corrected chi connectivity index (χ1v) is 9.26. The molecule has 0 spiro atoms. The molecule has 126 valence electrons. The molecule has 0 unspecified atom stereocenters. The van der Waals surface area contributed by atoms with Crippen LogP contribution in [0.4, 0.5) is 5.69 Å². The normalized spacial score (nSPS) is 15.9. The van der Waals surface area contributed by atoms with E-state index in [2.05, 4.69) is 15.9 Å². The molecule has 1 fully saturated rings. The van der Waals surface area contributed by atoms with Gasteiger partial charge in [0.25, 0.3) is 5.91 Å². The maximum absolute atomic E-state index is 12.8. The number of carbonyl (C=O) groups excluding carboxylic acids is 1. The molecular weight excluding hydrogens is 422 g/mol. The molecule has 2 aromatic rings. The number of hydrogen-bond donors (Lipinski definition) is 1. The summed E-state index contributed by atoms with van der Waals surface area (Å²) in [6.45, 7) is 1.82. The van der Waals surface area contributed by atoms with Gasteiger partial charge >= 0.3 is 5.97 Å². The van der Waals surface area contributed by atoms with Crippen molar-refractivity contribution in [2.24, 2.45) is 0 Å². The number of benzene rings is 2. The molecule has 1 heterocycles. The predicted molar refractivity (Wildman–Crippen MR) is 108 cm³/mol. The van der Waals surface area contributed by atoms with Crippen LogP contribution in [-0.2, 0) is 4.79 Å². The largest absolute Gasteiger partial charge is 0.478 e. The van der Waals surface area contributed by atoms with Gasteiger partial charge in [-0.15, -0.1) is 0 Å². The number of carbonyl (C=O) groups is 2. The highest BCUT2D eigenvalue weighted by atomic mass is 79.9. The highest BCUT2D eigenvalue weighted by molar-refractivity contribution is 9.10. The summed E-state index contributed by atoms with van der Waals surface area (Å²) in [6, 6.07) is 12.2. The Bertz CT molecular complexity index is 922. The lowest BCUT2D eigenvalue weighted by atomic mass is 10.1. The lowest BCUT2D eigenvalue weighted by Crippen LogP contribution is -2.28. The summed E-state index contributed by atoms with van der Waals surface area (Å²) in [7, 11) is 0. The molecule has 0 radical (unpaired) electrons. The van der Waals surface area contributed by atoms with Crippen molar-refractivity contribution in [3.8, 4) is 0 Å². The Morgan fingerprint density at radius 3 is 2.56 bits per heavy atom. The molecule has 1 aliphatic heterocycles. The monoisotopic (exact) mass is 433 g/mol. The first kappa shape index (κ1) is 17.8. The SMILES string of the molecule is Cc1ccc(C(=O)O)cc1N1C(=O)/C(=C/c2ccc(Br)cc2)SC1=S. The highest BCUT2D eigenvalue weighted by Gasteiger charge is 2.34. The van der Waals surface area contributed by atoms with Crippen LogP contribution in [0.5, 0.6) is 0 Å². The number of aromatic carboxylic acids is 1. The molecule has 7 heteroatoms. The van der Waals surface area contributed by atoms with Gasteiger partial charge in [0.05, 0.1) is 16.2 Å². The third-order valence-corrected chi connectivity index (χ3v) is 5.49. The summed E-state index contributed by atoms with van der Waals surface area (Å²) in [5.41, 5.74) is 2.29. The molecule has 0 saturated carbocycles. The van der Waals surface area contributed by atoms with E-state index in [1.54, 1.807) is 12.1 Å². The van der Waals surface area contributed by atoms with E-state index in [1.807, 2.05) is 31.2 Å². The molecular formula is C18H12BrNO3S2. The molecule has 0 atom stereocenters. The van der Waals surface area contributed by atoms with Crippen LogP contribution in [0.15, 0.2) is 51.8 Å². The molecule has 1 aliphatic rings. The average Bonchev–Trinajstić information content (AvgIpc) is 2.84. The van der Waals surface area contributed by atoms with Crippen LogP contribution >= 0.6 is 39.9 Å². The lowest BCUT2D eigenvalue weighted by Gasteiger charge is -2.17. The first-order chi connectivity index (χ1) is 11.9. The third kappa shape index (κ3) is 3.68. The lowest BCUT2D eigenvalue weighted by molar-refractivity contribution is -0.113. The maximum Gasteiger partial charge on any atom is 0.335 e. The van der Waals surface area contributed by atoms with Crippen molar-refractivity contribution in [1.82, 2.24) is 0 Å². The zero-order chi connectivity index (χ0) is 18.1. The van der Waals surface area contributed by atoms with Gasteiger partial charge in [-0.1, -0.05) is 58.1 Å². The fraction of sp³-hybridized carbons (Fsp3) is 0.0556. The van der Waals surface area contributed by atoms with E-state index < -0.39 is 5.97 Å². The number of carboxylic acid groups (broad SMARTS) is 1. The molecule has 1 amide bonds. The molecule has 1 N–H and O–H groups in total. The Morgan fingerprint density at radius 1 is 1.24 bits per heavy atom.